The number of nitrogens with one attached hydrogen (secondary N) is 1. The lowest BCUT2D eigenvalue weighted by Crippen LogP contribution is -2.46. The summed E-state index contributed by atoms with van der Waals surface area (Å²) in [5, 5.41) is 3.42. The van der Waals surface area contributed by atoms with E-state index in [4.69, 9.17) is 0 Å². The van der Waals surface area contributed by atoms with Crippen LogP contribution in [0, 0.1) is 5.92 Å². The average Bonchev–Trinajstić information content (AvgIpc) is 2.61. The van der Waals surface area contributed by atoms with E-state index in [0.29, 0.717) is 18.0 Å². The molecule has 86 valence electrons. The molecule has 2 aliphatic rings. The molecule has 2 atom stereocenters. The van der Waals surface area contributed by atoms with E-state index in [1.54, 1.807) is 0 Å². The number of hydrogen-bond acceptors (Lipinski definition) is 2. The zero-order chi connectivity index (χ0) is 10.8. The van der Waals surface area contributed by atoms with Gasteiger partial charge in [-0.2, -0.15) is 0 Å². The molecule has 1 N–H and O–H groups in total. The molecule has 0 radical (unpaired) electrons. The van der Waals surface area contributed by atoms with Crippen LogP contribution in [0.15, 0.2) is 0 Å². The highest BCUT2D eigenvalue weighted by Gasteiger charge is 2.36. The highest BCUT2D eigenvalue weighted by molar-refractivity contribution is 5.80. The molecule has 0 bridgehead atoms. The van der Waals surface area contributed by atoms with Gasteiger partial charge in [0.1, 0.15) is 0 Å². The van der Waals surface area contributed by atoms with Crippen LogP contribution in [0.2, 0.25) is 0 Å². The third-order valence-corrected chi connectivity index (χ3v) is 4.07. The number of hydrogen-bond donors (Lipinski definition) is 1. The molecule has 1 heterocycles. The van der Waals surface area contributed by atoms with E-state index < -0.39 is 0 Å². The van der Waals surface area contributed by atoms with Gasteiger partial charge in [-0.05, 0) is 38.6 Å². The number of amides is 1. The van der Waals surface area contributed by atoms with Crippen LogP contribution in [0.5, 0.6) is 0 Å². The fourth-order valence-electron chi connectivity index (χ4n) is 2.71. The van der Waals surface area contributed by atoms with E-state index >= 15 is 0 Å². The maximum atomic E-state index is 12.2. The molecule has 15 heavy (non-hydrogen) atoms. The van der Waals surface area contributed by atoms with Crippen LogP contribution in [0.1, 0.15) is 39.0 Å². The predicted molar refractivity (Wildman–Crippen MR) is 60.6 cm³/mol. The third-order valence-electron chi connectivity index (χ3n) is 4.07. The molecule has 0 aromatic carbocycles. The smallest absolute Gasteiger partial charge is 0.227 e. The lowest BCUT2D eigenvalue weighted by molar-refractivity contribution is -0.138. The SMILES string of the molecule is CCC1NCCC1C(=O)N(C)C1CCC1. The van der Waals surface area contributed by atoms with Crippen molar-refractivity contribution < 1.29 is 4.79 Å². The topological polar surface area (TPSA) is 32.3 Å². The minimum Gasteiger partial charge on any atom is -0.342 e. The van der Waals surface area contributed by atoms with Gasteiger partial charge in [-0.3, -0.25) is 4.79 Å². The maximum absolute atomic E-state index is 12.2. The van der Waals surface area contributed by atoms with Gasteiger partial charge in [-0.15, -0.1) is 0 Å². The van der Waals surface area contributed by atoms with Crippen molar-refractivity contribution in [1.82, 2.24) is 10.2 Å². The van der Waals surface area contributed by atoms with Crippen LogP contribution < -0.4 is 5.32 Å². The Morgan fingerprint density at radius 3 is 2.67 bits per heavy atom. The molecular weight excluding hydrogens is 188 g/mol. The van der Waals surface area contributed by atoms with Gasteiger partial charge in [0.05, 0.1) is 5.92 Å². The van der Waals surface area contributed by atoms with E-state index in [1.165, 1.54) is 19.3 Å². The highest BCUT2D eigenvalue weighted by Crippen LogP contribution is 2.27. The molecular formula is C12H22N2O. The molecule has 2 rings (SSSR count). The first-order valence-corrected chi connectivity index (χ1v) is 6.24. The number of carbonyl (C=O) groups excluding carboxylic acids is 1. The molecule has 3 heteroatoms. The molecule has 3 nitrogen and oxygen atoms in total. The largest absolute Gasteiger partial charge is 0.342 e. The van der Waals surface area contributed by atoms with Gasteiger partial charge in [0, 0.05) is 19.1 Å². The second-order valence-electron chi connectivity index (χ2n) is 4.90. The van der Waals surface area contributed by atoms with E-state index in [2.05, 4.69) is 12.2 Å². The van der Waals surface area contributed by atoms with Crippen molar-refractivity contribution >= 4 is 5.91 Å². The molecule has 2 unspecified atom stereocenters. The summed E-state index contributed by atoms with van der Waals surface area (Å²) in [4.78, 5) is 14.2. The molecule has 1 aliphatic carbocycles. The van der Waals surface area contributed by atoms with Crippen molar-refractivity contribution in [2.75, 3.05) is 13.6 Å². The normalized spacial score (nSPS) is 31.3. The van der Waals surface area contributed by atoms with Crippen molar-refractivity contribution in [3.8, 4) is 0 Å². The molecule has 2 fully saturated rings. The van der Waals surface area contributed by atoms with Crippen LogP contribution in [0.25, 0.3) is 0 Å². The van der Waals surface area contributed by atoms with Crippen LogP contribution in [-0.4, -0.2) is 36.5 Å². The second kappa shape index (κ2) is 4.52. The van der Waals surface area contributed by atoms with E-state index in [1.807, 2.05) is 11.9 Å². The lowest BCUT2D eigenvalue weighted by atomic mass is 9.89. The zero-order valence-electron chi connectivity index (χ0n) is 9.83. The first-order valence-electron chi connectivity index (χ1n) is 6.24. The molecule has 1 saturated carbocycles. The lowest BCUT2D eigenvalue weighted by Gasteiger charge is -2.37. The van der Waals surface area contributed by atoms with E-state index in [-0.39, 0.29) is 5.92 Å². The van der Waals surface area contributed by atoms with Crippen LogP contribution in [0.3, 0.4) is 0 Å². The molecule has 1 amide bonds. The van der Waals surface area contributed by atoms with Gasteiger partial charge in [0.25, 0.3) is 0 Å². The Morgan fingerprint density at radius 2 is 2.13 bits per heavy atom. The minimum atomic E-state index is 0.237. The Bertz CT molecular complexity index is 238. The van der Waals surface area contributed by atoms with Crippen molar-refractivity contribution in [2.45, 2.75) is 51.1 Å². The summed E-state index contributed by atoms with van der Waals surface area (Å²) in [7, 11) is 1.98. The summed E-state index contributed by atoms with van der Waals surface area (Å²) in [5.74, 6) is 0.608. The summed E-state index contributed by atoms with van der Waals surface area (Å²) in [6.45, 7) is 3.17. The highest BCUT2D eigenvalue weighted by atomic mass is 16.2. The summed E-state index contributed by atoms with van der Waals surface area (Å²) in [6, 6.07) is 0.954. The third kappa shape index (κ3) is 2.03. The van der Waals surface area contributed by atoms with Gasteiger partial charge < -0.3 is 10.2 Å². The Balaban J connectivity index is 1.93. The van der Waals surface area contributed by atoms with Crippen molar-refractivity contribution in [1.29, 1.82) is 0 Å². The van der Waals surface area contributed by atoms with Crippen molar-refractivity contribution in [2.24, 2.45) is 5.92 Å². The predicted octanol–water partition coefficient (Wildman–Crippen LogP) is 1.39. The molecule has 1 aliphatic heterocycles. The molecule has 0 aromatic rings. The van der Waals surface area contributed by atoms with Crippen LogP contribution in [-0.2, 0) is 4.79 Å². The average molecular weight is 210 g/mol. The Kier molecular flexibility index (Phi) is 3.29. The van der Waals surface area contributed by atoms with Crippen LogP contribution in [0.4, 0.5) is 0 Å². The summed E-state index contributed by atoms with van der Waals surface area (Å²) in [5.41, 5.74) is 0. The Labute approximate surface area is 92.2 Å². The van der Waals surface area contributed by atoms with Crippen LogP contribution >= 0.6 is 0 Å². The first-order chi connectivity index (χ1) is 7.24. The second-order valence-corrected chi connectivity index (χ2v) is 4.90. The van der Waals surface area contributed by atoms with Crippen molar-refractivity contribution in [3.63, 3.8) is 0 Å². The quantitative estimate of drug-likeness (QED) is 0.763. The minimum absolute atomic E-state index is 0.237. The molecule has 0 spiro atoms. The number of nitrogens with zero attached hydrogens (tertiary/aromatic N) is 1. The molecule has 0 aromatic heterocycles. The fraction of sp³-hybridized carbons (Fsp3) is 0.917. The Morgan fingerprint density at radius 1 is 1.40 bits per heavy atom. The summed E-state index contributed by atoms with van der Waals surface area (Å²) >= 11 is 0. The maximum Gasteiger partial charge on any atom is 0.227 e. The zero-order valence-corrected chi connectivity index (χ0v) is 9.83. The van der Waals surface area contributed by atoms with Gasteiger partial charge in [0.2, 0.25) is 5.91 Å². The monoisotopic (exact) mass is 210 g/mol. The van der Waals surface area contributed by atoms with Gasteiger partial charge in [-0.1, -0.05) is 6.92 Å². The molecule has 1 saturated heterocycles. The van der Waals surface area contributed by atoms with Gasteiger partial charge in [0.15, 0.2) is 0 Å². The van der Waals surface area contributed by atoms with Gasteiger partial charge in [-0.25, -0.2) is 0 Å². The first kappa shape index (κ1) is 10.9. The van der Waals surface area contributed by atoms with Gasteiger partial charge >= 0.3 is 0 Å². The fourth-order valence-corrected chi connectivity index (χ4v) is 2.71. The standard InChI is InChI=1S/C12H22N2O/c1-3-11-10(7-8-13-11)12(15)14(2)9-5-4-6-9/h9-11,13H,3-8H2,1-2H3. The number of carbonyl (C=O) groups is 1. The van der Waals surface area contributed by atoms with Crippen molar-refractivity contribution in [3.05, 3.63) is 0 Å². The summed E-state index contributed by atoms with van der Waals surface area (Å²) < 4.78 is 0. The summed E-state index contributed by atoms with van der Waals surface area (Å²) in [6.07, 6.45) is 5.80. The van der Waals surface area contributed by atoms with E-state index in [9.17, 15) is 4.79 Å². The Hall–Kier alpha value is -0.570. The van der Waals surface area contributed by atoms with E-state index in [0.717, 1.165) is 19.4 Å². The number of rotatable bonds is 3.